The maximum atomic E-state index is 12.3. The SMILES string of the molecule is Cc1ccc(CC(=O)Cc2ccc(Oc3ccccc3)c(C)c2)s1. The molecule has 0 aliphatic heterocycles. The first-order valence-corrected chi connectivity index (χ1v) is 8.81. The second-order valence-electron chi connectivity index (χ2n) is 5.92. The zero-order valence-corrected chi connectivity index (χ0v) is 14.7. The van der Waals surface area contributed by atoms with Gasteiger partial charge in [-0.15, -0.1) is 11.3 Å². The number of carbonyl (C=O) groups is 1. The highest BCUT2D eigenvalue weighted by Gasteiger charge is 2.09. The van der Waals surface area contributed by atoms with Gasteiger partial charge in [-0.3, -0.25) is 4.79 Å². The lowest BCUT2D eigenvalue weighted by Crippen LogP contribution is -2.05. The van der Waals surface area contributed by atoms with Crippen LogP contribution in [0.1, 0.15) is 20.9 Å². The number of para-hydroxylation sites is 1. The smallest absolute Gasteiger partial charge is 0.142 e. The molecule has 2 aromatic carbocycles. The molecule has 0 spiro atoms. The third kappa shape index (κ3) is 4.33. The summed E-state index contributed by atoms with van der Waals surface area (Å²) in [6.07, 6.45) is 0.975. The number of carbonyl (C=O) groups excluding carboxylic acids is 1. The Morgan fingerprint density at radius 3 is 2.42 bits per heavy atom. The van der Waals surface area contributed by atoms with Crippen LogP contribution in [0.5, 0.6) is 11.5 Å². The molecule has 0 aliphatic rings. The molecule has 0 saturated heterocycles. The van der Waals surface area contributed by atoms with Crippen LogP contribution >= 0.6 is 11.3 Å². The second-order valence-corrected chi connectivity index (χ2v) is 7.29. The minimum atomic E-state index is 0.243. The van der Waals surface area contributed by atoms with Crippen LogP contribution in [0.3, 0.4) is 0 Å². The first-order chi connectivity index (χ1) is 11.6. The van der Waals surface area contributed by atoms with Crippen molar-refractivity contribution in [2.45, 2.75) is 26.7 Å². The van der Waals surface area contributed by atoms with Gasteiger partial charge >= 0.3 is 0 Å². The number of aryl methyl sites for hydroxylation is 2. The molecule has 0 aliphatic carbocycles. The van der Waals surface area contributed by atoms with E-state index < -0.39 is 0 Å². The molecule has 2 nitrogen and oxygen atoms in total. The van der Waals surface area contributed by atoms with E-state index in [-0.39, 0.29) is 5.78 Å². The van der Waals surface area contributed by atoms with E-state index in [1.54, 1.807) is 11.3 Å². The highest BCUT2D eigenvalue weighted by Crippen LogP contribution is 2.26. The fraction of sp³-hybridized carbons (Fsp3) is 0.190. The van der Waals surface area contributed by atoms with Gasteiger partial charge in [0, 0.05) is 22.6 Å². The van der Waals surface area contributed by atoms with Gasteiger partial charge in [0.2, 0.25) is 0 Å². The molecule has 3 rings (SSSR count). The highest BCUT2D eigenvalue weighted by molar-refractivity contribution is 7.12. The number of ether oxygens (including phenoxy) is 1. The molecular weight excluding hydrogens is 316 g/mol. The summed E-state index contributed by atoms with van der Waals surface area (Å²) in [6.45, 7) is 4.07. The van der Waals surface area contributed by atoms with Crippen molar-refractivity contribution in [2.24, 2.45) is 0 Å². The molecule has 0 amide bonds. The molecule has 0 unspecified atom stereocenters. The lowest BCUT2D eigenvalue weighted by Gasteiger charge is -2.10. The Morgan fingerprint density at radius 1 is 0.958 bits per heavy atom. The van der Waals surface area contributed by atoms with Crippen LogP contribution in [0.25, 0.3) is 0 Å². The van der Waals surface area contributed by atoms with Crippen LogP contribution in [0.2, 0.25) is 0 Å². The van der Waals surface area contributed by atoms with Gasteiger partial charge in [-0.25, -0.2) is 0 Å². The lowest BCUT2D eigenvalue weighted by molar-refractivity contribution is -0.117. The largest absolute Gasteiger partial charge is 0.457 e. The molecular formula is C21H20O2S. The van der Waals surface area contributed by atoms with Crippen LogP contribution in [0, 0.1) is 13.8 Å². The van der Waals surface area contributed by atoms with Gasteiger partial charge in [-0.05, 0) is 55.3 Å². The van der Waals surface area contributed by atoms with Crippen LogP contribution in [0.4, 0.5) is 0 Å². The quantitative estimate of drug-likeness (QED) is 0.593. The van der Waals surface area contributed by atoms with E-state index in [2.05, 4.69) is 13.0 Å². The number of ketones is 1. The van der Waals surface area contributed by atoms with E-state index >= 15 is 0 Å². The van der Waals surface area contributed by atoms with Crippen LogP contribution < -0.4 is 4.74 Å². The van der Waals surface area contributed by atoms with Crippen LogP contribution in [-0.4, -0.2) is 5.78 Å². The van der Waals surface area contributed by atoms with Gasteiger partial charge in [-0.2, -0.15) is 0 Å². The second kappa shape index (κ2) is 7.45. The summed E-state index contributed by atoms with van der Waals surface area (Å²) in [6, 6.07) is 19.8. The van der Waals surface area contributed by atoms with Gasteiger partial charge in [0.15, 0.2) is 0 Å². The summed E-state index contributed by atoms with van der Waals surface area (Å²) < 4.78 is 5.88. The molecule has 0 bridgehead atoms. The van der Waals surface area contributed by atoms with Crippen molar-refractivity contribution in [3.8, 4) is 11.5 Å². The van der Waals surface area contributed by atoms with E-state index in [0.717, 1.165) is 27.5 Å². The molecule has 1 heterocycles. The van der Waals surface area contributed by atoms with E-state index in [4.69, 9.17) is 4.74 Å². The highest BCUT2D eigenvalue weighted by atomic mass is 32.1. The van der Waals surface area contributed by atoms with Gasteiger partial charge in [-0.1, -0.05) is 30.3 Å². The normalized spacial score (nSPS) is 10.6. The topological polar surface area (TPSA) is 26.3 Å². The van der Waals surface area contributed by atoms with E-state index in [1.807, 2.05) is 61.5 Å². The molecule has 3 aromatic rings. The third-order valence-electron chi connectivity index (χ3n) is 3.78. The fourth-order valence-electron chi connectivity index (χ4n) is 2.62. The Morgan fingerprint density at radius 2 is 1.75 bits per heavy atom. The molecule has 0 saturated carbocycles. The third-order valence-corrected chi connectivity index (χ3v) is 4.78. The summed E-state index contributed by atoms with van der Waals surface area (Å²) in [5, 5.41) is 0. The number of hydrogen-bond acceptors (Lipinski definition) is 3. The maximum Gasteiger partial charge on any atom is 0.142 e. The average molecular weight is 336 g/mol. The van der Waals surface area contributed by atoms with Gasteiger partial charge in [0.25, 0.3) is 0 Å². The molecule has 0 atom stereocenters. The molecule has 0 fully saturated rings. The maximum absolute atomic E-state index is 12.3. The van der Waals surface area contributed by atoms with Gasteiger partial charge in [0.05, 0.1) is 0 Å². The van der Waals surface area contributed by atoms with Crippen molar-refractivity contribution in [1.29, 1.82) is 0 Å². The Hall–Kier alpha value is -2.39. The molecule has 122 valence electrons. The van der Waals surface area contributed by atoms with Crippen LogP contribution in [0.15, 0.2) is 60.7 Å². The van der Waals surface area contributed by atoms with Crippen molar-refractivity contribution < 1.29 is 9.53 Å². The van der Waals surface area contributed by atoms with Crippen molar-refractivity contribution >= 4 is 17.1 Å². The summed E-state index contributed by atoms with van der Waals surface area (Å²) in [4.78, 5) is 14.6. The fourth-order valence-corrected chi connectivity index (χ4v) is 3.53. The standard InChI is InChI=1S/C21H20O2S/c1-15-12-17(13-18(22)14-20-10-8-16(2)24-20)9-11-21(15)23-19-6-4-3-5-7-19/h3-12H,13-14H2,1-2H3. The average Bonchev–Trinajstić information content (AvgIpc) is 2.96. The number of rotatable bonds is 6. The summed E-state index contributed by atoms with van der Waals surface area (Å²) in [7, 11) is 0. The van der Waals surface area contributed by atoms with Crippen LogP contribution in [-0.2, 0) is 17.6 Å². The molecule has 1 aromatic heterocycles. The zero-order chi connectivity index (χ0) is 16.9. The minimum Gasteiger partial charge on any atom is -0.457 e. The number of hydrogen-bond donors (Lipinski definition) is 0. The first kappa shape index (κ1) is 16.5. The summed E-state index contributed by atoms with van der Waals surface area (Å²) in [5.74, 6) is 1.89. The number of benzene rings is 2. The van der Waals surface area contributed by atoms with Crippen molar-refractivity contribution in [3.63, 3.8) is 0 Å². The van der Waals surface area contributed by atoms with E-state index in [0.29, 0.717) is 12.8 Å². The van der Waals surface area contributed by atoms with Crippen molar-refractivity contribution in [3.05, 3.63) is 81.5 Å². The van der Waals surface area contributed by atoms with Gasteiger partial charge < -0.3 is 4.74 Å². The zero-order valence-electron chi connectivity index (χ0n) is 13.9. The van der Waals surface area contributed by atoms with E-state index in [9.17, 15) is 4.79 Å². The molecule has 24 heavy (non-hydrogen) atoms. The number of Topliss-reactive ketones (excluding diaryl/α,β-unsaturated/α-hetero) is 1. The summed E-state index contributed by atoms with van der Waals surface area (Å²) >= 11 is 1.69. The monoisotopic (exact) mass is 336 g/mol. The van der Waals surface area contributed by atoms with E-state index in [1.165, 1.54) is 4.88 Å². The number of thiophene rings is 1. The minimum absolute atomic E-state index is 0.243. The first-order valence-electron chi connectivity index (χ1n) is 7.99. The Bertz CT molecular complexity index is 834. The van der Waals surface area contributed by atoms with Crippen molar-refractivity contribution in [1.82, 2.24) is 0 Å². The Kier molecular flexibility index (Phi) is 5.11. The molecule has 3 heteroatoms. The van der Waals surface area contributed by atoms with Gasteiger partial charge in [0.1, 0.15) is 17.3 Å². The lowest BCUT2D eigenvalue weighted by atomic mass is 10.0. The van der Waals surface area contributed by atoms with Crippen molar-refractivity contribution in [2.75, 3.05) is 0 Å². The Labute approximate surface area is 146 Å². The molecule has 0 radical (unpaired) electrons. The predicted molar refractivity (Wildman–Crippen MR) is 99.2 cm³/mol. The predicted octanol–water partition coefficient (Wildman–Crippen LogP) is 5.51. The Balaban J connectivity index is 1.64. The summed E-state index contributed by atoms with van der Waals surface area (Å²) in [5.41, 5.74) is 2.07. The molecule has 0 N–H and O–H groups in total.